The van der Waals surface area contributed by atoms with Gasteiger partial charge >= 0.3 is 0 Å². The molecule has 0 unspecified atom stereocenters. The first-order valence-electron chi connectivity index (χ1n) is 9.59. The van der Waals surface area contributed by atoms with Crippen LogP contribution in [0.25, 0.3) is 10.4 Å². The van der Waals surface area contributed by atoms with Crippen molar-refractivity contribution < 1.29 is 10.2 Å². The summed E-state index contributed by atoms with van der Waals surface area (Å²) < 4.78 is 0. The van der Waals surface area contributed by atoms with Gasteiger partial charge < -0.3 is 10.2 Å². The first-order valence-corrected chi connectivity index (χ1v) is 9.59. The van der Waals surface area contributed by atoms with E-state index in [1.807, 2.05) is 0 Å². The fourth-order valence-corrected chi connectivity index (χ4v) is 2.87. The molecule has 23 heavy (non-hydrogen) atoms. The molecular weight excluding hydrogens is 290 g/mol. The smallest absolute Gasteiger partial charge is 0.0864 e. The standard InChI is InChI=1S/C18H37N3O2/c1-2-3-4-5-6-7-8-9-10-11-12-13-14-15-18(23)17(16-22)20-21-19/h17-18,22-23H,2-16H2,1H3/t17-,18+/m0/s1. The second-order valence-electron chi connectivity index (χ2n) is 6.55. The molecular formula is C18H37N3O2. The molecule has 2 N–H and O–H groups in total. The van der Waals surface area contributed by atoms with E-state index in [0.29, 0.717) is 6.42 Å². The number of unbranched alkanes of at least 4 members (excludes halogenated alkanes) is 12. The van der Waals surface area contributed by atoms with E-state index in [-0.39, 0.29) is 6.61 Å². The predicted molar refractivity (Wildman–Crippen MR) is 96.3 cm³/mol. The van der Waals surface area contributed by atoms with E-state index in [2.05, 4.69) is 16.9 Å². The minimum Gasteiger partial charge on any atom is -0.396 e. The largest absolute Gasteiger partial charge is 0.396 e. The van der Waals surface area contributed by atoms with E-state index in [9.17, 15) is 5.11 Å². The summed E-state index contributed by atoms with van der Waals surface area (Å²) in [5.74, 6) is 0. The maximum Gasteiger partial charge on any atom is 0.0864 e. The van der Waals surface area contributed by atoms with Crippen LogP contribution in [0, 0.1) is 0 Å². The van der Waals surface area contributed by atoms with Gasteiger partial charge in [-0.3, -0.25) is 0 Å². The second-order valence-corrected chi connectivity index (χ2v) is 6.55. The Kier molecular flexibility index (Phi) is 17.0. The molecule has 0 rings (SSSR count). The molecule has 5 heteroatoms. The zero-order valence-electron chi connectivity index (χ0n) is 15.0. The molecule has 0 heterocycles. The van der Waals surface area contributed by atoms with Crippen LogP contribution in [-0.2, 0) is 0 Å². The maximum absolute atomic E-state index is 9.79. The number of nitrogens with zero attached hydrogens (tertiary/aromatic N) is 3. The van der Waals surface area contributed by atoms with Gasteiger partial charge in [0.1, 0.15) is 0 Å². The third-order valence-electron chi connectivity index (χ3n) is 4.43. The lowest BCUT2D eigenvalue weighted by atomic mass is 10.0. The van der Waals surface area contributed by atoms with Crippen molar-refractivity contribution in [2.75, 3.05) is 6.61 Å². The molecule has 0 fully saturated rings. The molecule has 0 saturated carbocycles. The van der Waals surface area contributed by atoms with Gasteiger partial charge in [0.25, 0.3) is 0 Å². The van der Waals surface area contributed by atoms with Crippen molar-refractivity contribution in [2.45, 2.75) is 109 Å². The van der Waals surface area contributed by atoms with Gasteiger partial charge in [0.05, 0.1) is 18.8 Å². The minimum absolute atomic E-state index is 0.288. The summed E-state index contributed by atoms with van der Waals surface area (Å²) in [5, 5.41) is 22.2. The Hall–Kier alpha value is -0.770. The fourth-order valence-electron chi connectivity index (χ4n) is 2.87. The number of aliphatic hydroxyl groups is 2. The van der Waals surface area contributed by atoms with Crippen molar-refractivity contribution in [1.82, 2.24) is 0 Å². The Labute approximate surface area is 142 Å². The lowest BCUT2D eigenvalue weighted by Crippen LogP contribution is -2.27. The Bertz CT molecular complexity index is 294. The highest BCUT2D eigenvalue weighted by Gasteiger charge is 2.15. The SMILES string of the molecule is CCCCCCCCCCCCCCC[C@@H](O)[C@H](CO)N=[N+]=[N-]. The minimum atomic E-state index is -0.719. The highest BCUT2D eigenvalue weighted by Crippen LogP contribution is 2.14. The lowest BCUT2D eigenvalue weighted by Gasteiger charge is -2.15. The van der Waals surface area contributed by atoms with Crippen molar-refractivity contribution in [3.05, 3.63) is 10.4 Å². The van der Waals surface area contributed by atoms with Crippen LogP contribution in [-0.4, -0.2) is 29.0 Å². The van der Waals surface area contributed by atoms with Gasteiger partial charge in [0, 0.05) is 4.91 Å². The molecule has 0 saturated heterocycles. The number of hydrogen-bond donors (Lipinski definition) is 2. The summed E-state index contributed by atoms with van der Waals surface area (Å²) in [5.41, 5.74) is 8.34. The lowest BCUT2D eigenvalue weighted by molar-refractivity contribution is 0.0992. The number of hydrogen-bond acceptors (Lipinski definition) is 3. The molecule has 0 aliphatic rings. The number of azide groups is 1. The van der Waals surface area contributed by atoms with Crippen LogP contribution in [0.4, 0.5) is 0 Å². The molecule has 0 aromatic heterocycles. The highest BCUT2D eigenvalue weighted by atomic mass is 16.3. The van der Waals surface area contributed by atoms with E-state index in [4.69, 9.17) is 10.6 Å². The fraction of sp³-hybridized carbons (Fsp3) is 1.00. The zero-order chi connectivity index (χ0) is 17.2. The average Bonchev–Trinajstić information content (AvgIpc) is 2.56. The monoisotopic (exact) mass is 327 g/mol. The van der Waals surface area contributed by atoms with E-state index in [0.717, 1.165) is 12.8 Å². The van der Waals surface area contributed by atoms with Gasteiger partial charge in [-0.1, -0.05) is 95.5 Å². The van der Waals surface area contributed by atoms with Crippen molar-refractivity contribution >= 4 is 0 Å². The van der Waals surface area contributed by atoms with Gasteiger partial charge in [-0.15, -0.1) is 0 Å². The van der Waals surface area contributed by atoms with Crippen LogP contribution in [0.15, 0.2) is 5.11 Å². The third kappa shape index (κ3) is 14.5. The Morgan fingerprint density at radius 1 is 0.826 bits per heavy atom. The van der Waals surface area contributed by atoms with Crippen LogP contribution < -0.4 is 0 Å². The first-order chi connectivity index (χ1) is 11.3. The van der Waals surface area contributed by atoms with Crippen molar-refractivity contribution in [3.8, 4) is 0 Å². The molecule has 0 aliphatic heterocycles. The van der Waals surface area contributed by atoms with Crippen LogP contribution in [0.5, 0.6) is 0 Å². The second kappa shape index (κ2) is 17.6. The van der Waals surface area contributed by atoms with E-state index < -0.39 is 12.1 Å². The quantitative estimate of drug-likeness (QED) is 0.160. The first kappa shape index (κ1) is 22.2. The van der Waals surface area contributed by atoms with Gasteiger partial charge in [0.2, 0.25) is 0 Å². The van der Waals surface area contributed by atoms with Gasteiger partial charge in [0.15, 0.2) is 0 Å². The Balaban J connectivity index is 3.28. The van der Waals surface area contributed by atoms with Crippen LogP contribution in [0.2, 0.25) is 0 Å². The van der Waals surface area contributed by atoms with Crippen LogP contribution in [0.1, 0.15) is 96.8 Å². The van der Waals surface area contributed by atoms with Crippen LogP contribution in [0.3, 0.4) is 0 Å². The van der Waals surface area contributed by atoms with E-state index in [1.54, 1.807) is 0 Å². The third-order valence-corrected chi connectivity index (χ3v) is 4.43. The molecule has 0 aliphatic carbocycles. The highest BCUT2D eigenvalue weighted by molar-refractivity contribution is 4.75. The normalized spacial score (nSPS) is 13.5. The molecule has 0 aromatic rings. The zero-order valence-corrected chi connectivity index (χ0v) is 15.0. The summed E-state index contributed by atoms with van der Waals surface area (Å²) in [6.07, 6.45) is 16.7. The molecule has 0 radical (unpaired) electrons. The molecule has 136 valence electrons. The van der Waals surface area contributed by atoms with Gasteiger partial charge in [-0.25, -0.2) is 0 Å². The summed E-state index contributed by atoms with van der Waals surface area (Å²) in [4.78, 5) is 2.65. The predicted octanol–water partition coefficient (Wildman–Crippen LogP) is 5.50. The van der Waals surface area contributed by atoms with Gasteiger partial charge in [-0.05, 0) is 12.0 Å². The number of rotatable bonds is 17. The summed E-state index contributed by atoms with van der Waals surface area (Å²) in [7, 11) is 0. The molecule has 2 atom stereocenters. The Morgan fingerprint density at radius 2 is 1.26 bits per heavy atom. The summed E-state index contributed by atoms with van der Waals surface area (Å²) in [6, 6.07) is -0.697. The number of aliphatic hydroxyl groups excluding tert-OH is 2. The maximum atomic E-state index is 9.79. The molecule has 0 amide bonds. The van der Waals surface area contributed by atoms with E-state index >= 15 is 0 Å². The summed E-state index contributed by atoms with van der Waals surface area (Å²) >= 11 is 0. The Morgan fingerprint density at radius 3 is 1.65 bits per heavy atom. The van der Waals surface area contributed by atoms with Gasteiger partial charge in [-0.2, -0.15) is 0 Å². The van der Waals surface area contributed by atoms with Crippen LogP contribution >= 0.6 is 0 Å². The van der Waals surface area contributed by atoms with Crippen molar-refractivity contribution in [3.63, 3.8) is 0 Å². The molecule has 0 bridgehead atoms. The van der Waals surface area contributed by atoms with Crippen molar-refractivity contribution in [2.24, 2.45) is 5.11 Å². The summed E-state index contributed by atoms with van der Waals surface area (Å²) in [6.45, 7) is 1.97. The molecule has 0 aromatic carbocycles. The van der Waals surface area contributed by atoms with Crippen molar-refractivity contribution in [1.29, 1.82) is 0 Å². The molecule has 5 nitrogen and oxygen atoms in total. The average molecular weight is 328 g/mol. The van der Waals surface area contributed by atoms with E-state index in [1.165, 1.54) is 70.6 Å². The topological polar surface area (TPSA) is 89.2 Å². The molecule has 0 spiro atoms.